The van der Waals surface area contributed by atoms with E-state index < -0.39 is 5.91 Å². The summed E-state index contributed by atoms with van der Waals surface area (Å²) in [5.74, 6) is -0.0296. The molecule has 1 amide bonds. The number of aromatic amines is 1. The zero-order chi connectivity index (χ0) is 24.8. The predicted octanol–water partition coefficient (Wildman–Crippen LogP) is 6.46. The van der Waals surface area contributed by atoms with Crippen LogP contribution in [0.4, 0.5) is 10.1 Å². The number of aromatic nitrogens is 3. The number of nitrogens with two attached hydrogens (primary N) is 1. The van der Waals surface area contributed by atoms with Crippen LogP contribution in [0.25, 0.3) is 39.0 Å². The van der Waals surface area contributed by atoms with E-state index in [1.807, 2.05) is 30.3 Å². The van der Waals surface area contributed by atoms with E-state index in [0.717, 1.165) is 51.8 Å². The molecular weight excluding hydrogens is 453 g/mol. The second kappa shape index (κ2) is 8.82. The van der Waals surface area contributed by atoms with Gasteiger partial charge >= 0.3 is 0 Å². The van der Waals surface area contributed by atoms with E-state index in [0.29, 0.717) is 22.9 Å². The molecule has 1 fully saturated rings. The Labute approximate surface area is 208 Å². The number of nitrogens with zero attached hydrogens (tertiary/aromatic N) is 2. The van der Waals surface area contributed by atoms with Crippen molar-refractivity contribution >= 4 is 33.5 Å². The smallest absolute Gasteiger partial charge is 0.250 e. The van der Waals surface area contributed by atoms with E-state index in [9.17, 15) is 9.18 Å². The van der Waals surface area contributed by atoms with Crippen LogP contribution in [0.2, 0.25) is 0 Å². The van der Waals surface area contributed by atoms with Crippen LogP contribution in [-0.4, -0.2) is 26.5 Å². The van der Waals surface area contributed by atoms with Gasteiger partial charge in [-0.3, -0.25) is 4.79 Å². The van der Waals surface area contributed by atoms with Crippen molar-refractivity contribution in [2.24, 2.45) is 5.73 Å². The lowest BCUT2D eigenvalue weighted by Gasteiger charge is -2.25. The fraction of sp³-hybridized carbons (Fsp3) is 0.241. The van der Waals surface area contributed by atoms with E-state index in [-0.39, 0.29) is 5.82 Å². The number of nitrogens with one attached hydrogen (secondary N) is 2. The molecule has 5 aromatic rings. The monoisotopic (exact) mass is 481 g/mol. The molecule has 0 spiro atoms. The van der Waals surface area contributed by atoms with Gasteiger partial charge in [0.2, 0.25) is 0 Å². The zero-order valence-corrected chi connectivity index (χ0v) is 20.1. The van der Waals surface area contributed by atoms with Gasteiger partial charge < -0.3 is 20.6 Å². The molecule has 0 aliphatic heterocycles. The van der Waals surface area contributed by atoms with Gasteiger partial charge in [-0.25, -0.2) is 9.37 Å². The Morgan fingerprint density at radius 1 is 1.11 bits per heavy atom. The van der Waals surface area contributed by atoms with E-state index >= 15 is 0 Å². The molecule has 2 aromatic heterocycles. The lowest BCUT2D eigenvalue weighted by atomic mass is 9.95. The molecule has 4 N–H and O–H groups in total. The molecule has 2 heterocycles. The maximum absolute atomic E-state index is 13.7. The predicted molar refractivity (Wildman–Crippen MR) is 142 cm³/mol. The molecule has 1 saturated carbocycles. The maximum atomic E-state index is 13.7. The molecule has 36 heavy (non-hydrogen) atoms. The zero-order valence-electron chi connectivity index (χ0n) is 20.1. The molecule has 0 radical (unpaired) electrons. The van der Waals surface area contributed by atoms with E-state index in [4.69, 9.17) is 10.7 Å². The van der Waals surface area contributed by atoms with Crippen LogP contribution >= 0.6 is 0 Å². The molecule has 7 heteroatoms. The molecular formula is C29H28FN5O. The highest BCUT2D eigenvalue weighted by atomic mass is 19.1. The molecule has 1 aliphatic carbocycles. The number of carbonyl (C=O) groups excluding carboxylic acids is 1. The lowest BCUT2D eigenvalue weighted by Crippen LogP contribution is -2.24. The maximum Gasteiger partial charge on any atom is 0.250 e. The summed E-state index contributed by atoms with van der Waals surface area (Å²) in [7, 11) is 0. The summed E-state index contributed by atoms with van der Waals surface area (Å²) in [5.41, 5.74) is 12.4. The minimum absolute atomic E-state index is 0.296. The van der Waals surface area contributed by atoms with Crippen molar-refractivity contribution in [3.8, 4) is 17.1 Å². The largest absolute Gasteiger partial charge is 0.382 e. The van der Waals surface area contributed by atoms with Gasteiger partial charge in [0.1, 0.15) is 11.6 Å². The second-order valence-electron chi connectivity index (χ2n) is 9.70. The number of amides is 1. The first-order valence-corrected chi connectivity index (χ1v) is 12.4. The summed E-state index contributed by atoms with van der Waals surface area (Å²) < 4.78 is 15.9. The molecule has 0 saturated heterocycles. The van der Waals surface area contributed by atoms with Crippen LogP contribution in [0.5, 0.6) is 0 Å². The highest BCUT2D eigenvalue weighted by molar-refractivity contribution is 6.00. The number of rotatable bonds is 5. The number of H-pyrrole nitrogens is 1. The number of benzene rings is 3. The van der Waals surface area contributed by atoms with Crippen LogP contribution in [0.15, 0.2) is 60.8 Å². The number of anilines is 1. The van der Waals surface area contributed by atoms with Crippen molar-refractivity contribution in [3.63, 3.8) is 0 Å². The van der Waals surface area contributed by atoms with Gasteiger partial charge in [0.25, 0.3) is 5.91 Å². The molecule has 3 aromatic carbocycles. The first-order valence-electron chi connectivity index (χ1n) is 12.4. The fourth-order valence-electron chi connectivity index (χ4n) is 5.49. The lowest BCUT2D eigenvalue weighted by molar-refractivity contribution is 0.100. The van der Waals surface area contributed by atoms with Crippen molar-refractivity contribution in [2.45, 2.75) is 45.1 Å². The first-order chi connectivity index (χ1) is 17.5. The summed E-state index contributed by atoms with van der Waals surface area (Å²) in [4.78, 5) is 20.2. The fourth-order valence-corrected chi connectivity index (χ4v) is 5.49. The second-order valence-corrected chi connectivity index (χ2v) is 9.70. The van der Waals surface area contributed by atoms with Gasteiger partial charge in [-0.1, -0.05) is 31.4 Å². The van der Waals surface area contributed by atoms with Crippen LogP contribution in [0.3, 0.4) is 0 Å². The van der Waals surface area contributed by atoms with E-state index in [2.05, 4.69) is 34.1 Å². The van der Waals surface area contributed by atoms with Gasteiger partial charge in [-0.2, -0.15) is 0 Å². The van der Waals surface area contributed by atoms with Gasteiger partial charge in [0.15, 0.2) is 0 Å². The molecule has 0 bridgehead atoms. The average Bonchev–Trinajstić information content (AvgIpc) is 3.45. The highest BCUT2D eigenvalue weighted by Gasteiger charge is 2.19. The topological polar surface area (TPSA) is 88.7 Å². The Balaban J connectivity index is 1.45. The normalized spacial score (nSPS) is 14.5. The van der Waals surface area contributed by atoms with Gasteiger partial charge in [-0.05, 0) is 67.8 Å². The molecule has 0 unspecified atom stereocenters. The van der Waals surface area contributed by atoms with E-state index in [1.165, 1.54) is 31.4 Å². The van der Waals surface area contributed by atoms with Crippen LogP contribution < -0.4 is 11.1 Å². The number of carbonyl (C=O) groups is 1. The SMILES string of the molecule is Cc1cn(-c2ccc(C(N)=O)c(NC3CCCCC3)c2)c2cccc(-c3nc4ccc(F)cc4[nH]3)c12. The first kappa shape index (κ1) is 22.3. The van der Waals surface area contributed by atoms with Crippen molar-refractivity contribution in [3.05, 3.63) is 77.7 Å². The van der Waals surface area contributed by atoms with Crippen LogP contribution in [0, 0.1) is 12.7 Å². The minimum atomic E-state index is -0.433. The van der Waals surface area contributed by atoms with Gasteiger partial charge in [0.05, 0.1) is 22.1 Å². The molecule has 6 rings (SSSR count). The minimum Gasteiger partial charge on any atom is -0.382 e. The number of halogens is 1. The van der Waals surface area contributed by atoms with Gasteiger partial charge in [-0.15, -0.1) is 0 Å². The number of primary amides is 1. The molecule has 182 valence electrons. The summed E-state index contributed by atoms with van der Waals surface area (Å²) >= 11 is 0. The Bertz CT molecular complexity index is 1610. The summed E-state index contributed by atoms with van der Waals surface area (Å²) in [6.45, 7) is 2.07. The average molecular weight is 482 g/mol. The summed E-state index contributed by atoms with van der Waals surface area (Å²) in [5, 5.41) is 4.66. The third-order valence-electron chi connectivity index (χ3n) is 7.23. The van der Waals surface area contributed by atoms with Crippen molar-refractivity contribution in [1.29, 1.82) is 0 Å². The molecule has 0 atom stereocenters. The number of hydrogen-bond acceptors (Lipinski definition) is 3. The summed E-state index contributed by atoms with van der Waals surface area (Å²) in [6.07, 6.45) is 7.94. The van der Waals surface area contributed by atoms with Crippen LogP contribution in [0.1, 0.15) is 48.0 Å². The van der Waals surface area contributed by atoms with E-state index in [1.54, 1.807) is 6.07 Å². The van der Waals surface area contributed by atoms with Crippen molar-refractivity contribution < 1.29 is 9.18 Å². The number of hydrogen-bond donors (Lipinski definition) is 3. The number of imidazole rings is 1. The number of aryl methyl sites for hydroxylation is 1. The Kier molecular flexibility index (Phi) is 5.48. The number of fused-ring (bicyclic) bond motifs is 2. The molecule has 1 aliphatic rings. The quantitative estimate of drug-likeness (QED) is 0.269. The summed E-state index contributed by atoms with van der Waals surface area (Å²) in [6, 6.07) is 16.8. The Hall–Kier alpha value is -4.13. The van der Waals surface area contributed by atoms with Crippen molar-refractivity contribution in [1.82, 2.24) is 14.5 Å². The van der Waals surface area contributed by atoms with Gasteiger partial charge in [0, 0.05) is 34.6 Å². The third kappa shape index (κ3) is 3.90. The molecule has 6 nitrogen and oxygen atoms in total. The highest BCUT2D eigenvalue weighted by Crippen LogP contribution is 2.35. The Morgan fingerprint density at radius 2 is 1.94 bits per heavy atom. The Morgan fingerprint density at radius 3 is 2.75 bits per heavy atom. The third-order valence-corrected chi connectivity index (χ3v) is 7.23. The standard InChI is InChI=1S/C29H28FN5O/c1-17-16-35(20-11-12-21(28(31)36)24(15-20)32-19-6-3-2-4-7-19)26-9-5-8-22(27(17)26)29-33-23-13-10-18(30)14-25(23)34-29/h5,8-16,19,32H,2-4,6-7H2,1H3,(H2,31,36)(H,33,34). The van der Waals surface area contributed by atoms with Crippen molar-refractivity contribution in [2.75, 3.05) is 5.32 Å². The van der Waals surface area contributed by atoms with Crippen LogP contribution in [-0.2, 0) is 0 Å².